The zero-order valence-corrected chi connectivity index (χ0v) is 23.4. The van der Waals surface area contributed by atoms with Gasteiger partial charge in [-0.1, -0.05) is 38.5 Å². The Balaban J connectivity index is 2.21. The summed E-state index contributed by atoms with van der Waals surface area (Å²) < 4.78 is 39.9. The second-order valence-corrected chi connectivity index (χ2v) is 11.4. The molecule has 2 aromatic carbocycles. The Labute approximate surface area is 221 Å². The Morgan fingerprint density at radius 3 is 2.16 bits per heavy atom. The largest absolute Gasteiger partial charge is 0.354 e. The average Bonchev–Trinajstić information content (AvgIpc) is 2.81. The minimum absolute atomic E-state index is 0.0662. The van der Waals surface area contributed by atoms with Crippen LogP contribution in [0.15, 0.2) is 42.5 Å². The predicted octanol–water partition coefficient (Wildman–Crippen LogP) is 4.71. The summed E-state index contributed by atoms with van der Waals surface area (Å²) in [4.78, 5) is 27.9. The number of nitrogens with one attached hydrogen (secondary N) is 1. The van der Waals surface area contributed by atoms with E-state index >= 15 is 0 Å². The van der Waals surface area contributed by atoms with Crippen LogP contribution in [0.3, 0.4) is 0 Å². The summed E-state index contributed by atoms with van der Waals surface area (Å²) in [5, 5.41) is 2.91. The molecule has 0 saturated heterocycles. The molecule has 2 amide bonds. The normalized spacial score (nSPS) is 12.2. The Hall–Kier alpha value is -2.94. The van der Waals surface area contributed by atoms with Crippen LogP contribution < -0.4 is 9.62 Å². The van der Waals surface area contributed by atoms with Crippen LogP contribution in [-0.2, 0) is 26.2 Å². The number of carbonyl (C=O) groups excluding carboxylic acids is 2. The highest BCUT2D eigenvalue weighted by Gasteiger charge is 2.28. The number of aryl methyl sites for hydroxylation is 2. The first-order chi connectivity index (χ1) is 17.5. The molecular formula is C28H40FN3O4S. The van der Waals surface area contributed by atoms with Crippen molar-refractivity contribution in [1.82, 2.24) is 10.2 Å². The Kier molecular flexibility index (Phi) is 11.6. The van der Waals surface area contributed by atoms with Crippen LogP contribution >= 0.6 is 0 Å². The van der Waals surface area contributed by atoms with Crippen LogP contribution in [0.1, 0.15) is 62.6 Å². The van der Waals surface area contributed by atoms with Crippen LogP contribution in [0.25, 0.3) is 0 Å². The smallest absolute Gasteiger partial charge is 0.242 e. The van der Waals surface area contributed by atoms with Crippen molar-refractivity contribution in [3.05, 3.63) is 65.0 Å². The van der Waals surface area contributed by atoms with Crippen molar-refractivity contribution in [3.8, 4) is 0 Å². The lowest BCUT2D eigenvalue weighted by atomic mass is 10.1. The molecule has 2 rings (SSSR count). The van der Waals surface area contributed by atoms with E-state index in [0.29, 0.717) is 24.2 Å². The number of nitrogens with zero attached hydrogens (tertiary/aromatic N) is 2. The number of rotatable bonds is 14. The molecule has 0 aliphatic carbocycles. The molecule has 0 fully saturated rings. The maximum atomic E-state index is 13.4. The molecule has 0 unspecified atom stereocenters. The van der Waals surface area contributed by atoms with Gasteiger partial charge in [-0.2, -0.15) is 0 Å². The van der Waals surface area contributed by atoms with Crippen molar-refractivity contribution in [2.75, 3.05) is 23.7 Å². The first-order valence-corrected chi connectivity index (χ1v) is 14.7. The maximum Gasteiger partial charge on any atom is 0.242 e. The number of hydrogen-bond acceptors (Lipinski definition) is 4. The van der Waals surface area contributed by atoms with Crippen molar-refractivity contribution in [2.24, 2.45) is 0 Å². The highest BCUT2D eigenvalue weighted by Crippen LogP contribution is 2.22. The van der Waals surface area contributed by atoms with Crippen molar-refractivity contribution in [2.45, 2.75) is 72.4 Å². The van der Waals surface area contributed by atoms with E-state index in [1.807, 2.05) is 45.9 Å². The number of unbranched alkanes of at least 4 members (excludes halogenated alkanes) is 1. The molecule has 0 radical (unpaired) electrons. The molecule has 0 heterocycles. The lowest BCUT2D eigenvalue weighted by Gasteiger charge is -2.31. The summed E-state index contributed by atoms with van der Waals surface area (Å²) in [7, 11) is -3.56. The van der Waals surface area contributed by atoms with Gasteiger partial charge in [-0.05, 0) is 74.1 Å². The highest BCUT2D eigenvalue weighted by molar-refractivity contribution is 7.92. The fraction of sp³-hybridized carbons (Fsp3) is 0.500. The van der Waals surface area contributed by atoms with Crippen LogP contribution in [0, 0.1) is 19.7 Å². The average molecular weight is 534 g/mol. The highest BCUT2D eigenvalue weighted by atomic mass is 32.2. The first kappa shape index (κ1) is 30.3. The molecule has 0 spiro atoms. The van der Waals surface area contributed by atoms with Gasteiger partial charge in [0.2, 0.25) is 21.8 Å². The summed E-state index contributed by atoms with van der Waals surface area (Å²) in [6, 6.07) is 10.8. The van der Waals surface area contributed by atoms with Gasteiger partial charge in [0.25, 0.3) is 0 Å². The first-order valence-electron chi connectivity index (χ1n) is 12.8. The van der Waals surface area contributed by atoms with Crippen LogP contribution in [-0.4, -0.2) is 50.5 Å². The Morgan fingerprint density at radius 2 is 1.62 bits per heavy atom. The summed E-state index contributed by atoms with van der Waals surface area (Å²) >= 11 is 0. The van der Waals surface area contributed by atoms with E-state index in [2.05, 4.69) is 5.32 Å². The van der Waals surface area contributed by atoms with Crippen LogP contribution in [0.4, 0.5) is 10.1 Å². The standard InChI is InChI=1S/C28H40FN3O4S/c1-6-8-15-30-28(34)26(7-2)31(20-23-11-13-24(29)14-12-23)27(33)10-9-16-32(37(5,35)36)25-18-21(3)17-22(4)19-25/h11-14,17-19,26H,6-10,15-16,20H2,1-5H3,(H,30,34)/t26-/m0/s1. The van der Waals surface area contributed by atoms with Gasteiger partial charge in [0.1, 0.15) is 11.9 Å². The number of amides is 2. The summed E-state index contributed by atoms with van der Waals surface area (Å²) in [5.41, 5.74) is 3.18. The summed E-state index contributed by atoms with van der Waals surface area (Å²) in [5.74, 6) is -0.853. The number of halogens is 1. The van der Waals surface area contributed by atoms with Crippen molar-refractivity contribution >= 4 is 27.5 Å². The third kappa shape index (κ3) is 9.46. The van der Waals surface area contributed by atoms with E-state index in [9.17, 15) is 22.4 Å². The van der Waals surface area contributed by atoms with E-state index in [4.69, 9.17) is 0 Å². The maximum absolute atomic E-state index is 13.4. The van der Waals surface area contributed by atoms with Gasteiger partial charge in [0.15, 0.2) is 0 Å². The van der Waals surface area contributed by atoms with E-state index < -0.39 is 16.1 Å². The minimum atomic E-state index is -3.56. The lowest BCUT2D eigenvalue weighted by molar-refractivity contribution is -0.141. The molecule has 0 saturated carbocycles. The Morgan fingerprint density at radius 1 is 1.00 bits per heavy atom. The molecule has 1 N–H and O–H groups in total. The minimum Gasteiger partial charge on any atom is -0.354 e. The molecule has 0 aliphatic rings. The molecule has 204 valence electrons. The van der Waals surface area contributed by atoms with Gasteiger partial charge >= 0.3 is 0 Å². The van der Waals surface area contributed by atoms with Gasteiger partial charge in [-0.3, -0.25) is 13.9 Å². The fourth-order valence-electron chi connectivity index (χ4n) is 4.31. The molecule has 9 heteroatoms. The van der Waals surface area contributed by atoms with Crippen LogP contribution in [0.2, 0.25) is 0 Å². The number of sulfonamides is 1. The molecule has 0 aromatic heterocycles. The Bertz CT molecular complexity index is 1130. The van der Waals surface area contributed by atoms with E-state index in [0.717, 1.165) is 30.2 Å². The van der Waals surface area contributed by atoms with Crippen LogP contribution in [0.5, 0.6) is 0 Å². The number of hydrogen-bond donors (Lipinski definition) is 1. The van der Waals surface area contributed by atoms with Gasteiger partial charge in [0, 0.05) is 26.1 Å². The van der Waals surface area contributed by atoms with Gasteiger partial charge in [-0.15, -0.1) is 0 Å². The molecule has 2 aromatic rings. The monoisotopic (exact) mass is 533 g/mol. The zero-order valence-electron chi connectivity index (χ0n) is 22.6. The summed E-state index contributed by atoms with van der Waals surface area (Å²) in [6.45, 7) is 8.52. The quantitative estimate of drug-likeness (QED) is 0.356. The van der Waals surface area contributed by atoms with Crippen molar-refractivity contribution in [3.63, 3.8) is 0 Å². The van der Waals surface area contributed by atoms with Gasteiger partial charge < -0.3 is 10.2 Å². The third-order valence-electron chi connectivity index (χ3n) is 6.13. The molecular weight excluding hydrogens is 493 g/mol. The van der Waals surface area contributed by atoms with Gasteiger partial charge in [0.05, 0.1) is 11.9 Å². The third-order valence-corrected chi connectivity index (χ3v) is 7.32. The topological polar surface area (TPSA) is 86.8 Å². The zero-order chi connectivity index (χ0) is 27.6. The number of carbonyl (C=O) groups is 2. The molecule has 37 heavy (non-hydrogen) atoms. The second kappa shape index (κ2) is 14.1. The van der Waals surface area contributed by atoms with E-state index in [1.165, 1.54) is 21.3 Å². The van der Waals surface area contributed by atoms with Crippen molar-refractivity contribution < 1.29 is 22.4 Å². The van der Waals surface area contributed by atoms with Crippen molar-refractivity contribution in [1.29, 1.82) is 0 Å². The number of anilines is 1. The number of benzene rings is 2. The summed E-state index contributed by atoms with van der Waals surface area (Å²) in [6.07, 6.45) is 3.70. The van der Waals surface area contributed by atoms with Gasteiger partial charge in [-0.25, -0.2) is 12.8 Å². The molecule has 0 bridgehead atoms. The lowest BCUT2D eigenvalue weighted by Crippen LogP contribution is -2.49. The molecule has 1 atom stereocenters. The van der Waals surface area contributed by atoms with E-state index in [1.54, 1.807) is 12.1 Å². The molecule has 7 nitrogen and oxygen atoms in total. The SMILES string of the molecule is CCCCNC(=O)[C@H](CC)N(Cc1ccc(F)cc1)C(=O)CCCN(c1cc(C)cc(C)c1)S(C)(=O)=O. The van der Waals surface area contributed by atoms with E-state index in [-0.39, 0.29) is 43.6 Å². The fourth-order valence-corrected chi connectivity index (χ4v) is 5.26. The predicted molar refractivity (Wildman–Crippen MR) is 146 cm³/mol. The molecule has 0 aliphatic heterocycles. The second-order valence-electron chi connectivity index (χ2n) is 9.50.